The molecule has 1 aliphatic heterocycles. The summed E-state index contributed by atoms with van der Waals surface area (Å²) in [5.41, 5.74) is 5.85. The second-order valence-electron chi connectivity index (χ2n) is 4.65. The molecule has 1 aromatic heterocycles. The van der Waals surface area contributed by atoms with Gasteiger partial charge < -0.3 is 15.0 Å². The molecule has 1 saturated heterocycles. The van der Waals surface area contributed by atoms with Crippen molar-refractivity contribution in [3.05, 3.63) is 11.7 Å². The summed E-state index contributed by atoms with van der Waals surface area (Å²) >= 11 is 0. The van der Waals surface area contributed by atoms with Crippen molar-refractivity contribution in [1.82, 2.24) is 10.1 Å². The van der Waals surface area contributed by atoms with Gasteiger partial charge in [-0.1, -0.05) is 12.1 Å². The Balaban J connectivity index is 1.77. The summed E-state index contributed by atoms with van der Waals surface area (Å²) in [4.78, 5) is 4.35. The number of rotatable bonds is 6. The fraction of sp³-hybridized carbons (Fsp3) is 0.833. The number of hydrogen-bond donors (Lipinski definition) is 1. The van der Waals surface area contributed by atoms with E-state index in [0.29, 0.717) is 18.4 Å². The Bertz CT molecular complexity index is 334. The van der Waals surface area contributed by atoms with Crippen LogP contribution < -0.4 is 5.73 Å². The van der Waals surface area contributed by atoms with Crippen LogP contribution in [0.25, 0.3) is 0 Å². The normalized spacial score (nSPS) is 21.9. The highest BCUT2D eigenvalue weighted by atomic mass is 16.5. The van der Waals surface area contributed by atoms with Crippen molar-refractivity contribution in [3.63, 3.8) is 0 Å². The van der Waals surface area contributed by atoms with Gasteiger partial charge in [0.1, 0.15) is 0 Å². The topological polar surface area (TPSA) is 74.2 Å². The number of hydrogen-bond acceptors (Lipinski definition) is 5. The Morgan fingerprint density at radius 1 is 1.53 bits per heavy atom. The molecule has 0 spiro atoms. The molecule has 1 aromatic rings. The van der Waals surface area contributed by atoms with Gasteiger partial charge in [-0.15, -0.1) is 0 Å². The number of ether oxygens (including phenoxy) is 1. The molecule has 17 heavy (non-hydrogen) atoms. The molecule has 5 nitrogen and oxygen atoms in total. The van der Waals surface area contributed by atoms with Crippen molar-refractivity contribution in [3.8, 4) is 0 Å². The highest BCUT2D eigenvalue weighted by molar-refractivity contribution is 4.90. The molecule has 0 aromatic carbocycles. The molecule has 0 radical (unpaired) electrons. The smallest absolute Gasteiger partial charge is 0.226 e. The minimum atomic E-state index is 0.124. The molecule has 5 heteroatoms. The molecule has 0 bridgehead atoms. The summed E-state index contributed by atoms with van der Waals surface area (Å²) < 4.78 is 10.8. The van der Waals surface area contributed by atoms with Crippen molar-refractivity contribution >= 4 is 0 Å². The van der Waals surface area contributed by atoms with Crippen LogP contribution in [0.5, 0.6) is 0 Å². The Morgan fingerprint density at radius 2 is 2.41 bits per heavy atom. The van der Waals surface area contributed by atoms with Gasteiger partial charge >= 0.3 is 0 Å². The highest BCUT2D eigenvalue weighted by Gasteiger charge is 2.17. The van der Waals surface area contributed by atoms with Gasteiger partial charge in [0.15, 0.2) is 5.82 Å². The summed E-state index contributed by atoms with van der Waals surface area (Å²) in [5.74, 6) is 1.43. The molecule has 0 aliphatic carbocycles. The third-order valence-electron chi connectivity index (χ3n) is 3.18. The highest BCUT2D eigenvalue weighted by Crippen LogP contribution is 2.17. The third kappa shape index (κ3) is 3.78. The predicted octanol–water partition coefficient (Wildman–Crippen LogP) is 1.46. The minimum Gasteiger partial charge on any atom is -0.378 e. The number of aromatic nitrogens is 2. The SMILES string of the molecule is CCC(N)Cc1noc(CCC2CCCO2)n1. The average molecular weight is 239 g/mol. The molecule has 2 unspecified atom stereocenters. The van der Waals surface area contributed by atoms with E-state index in [1.807, 2.05) is 0 Å². The summed E-state index contributed by atoms with van der Waals surface area (Å²) in [5, 5.41) is 3.94. The van der Waals surface area contributed by atoms with Crippen LogP contribution in [-0.4, -0.2) is 28.9 Å². The first kappa shape index (κ1) is 12.5. The van der Waals surface area contributed by atoms with Crippen LogP contribution in [0.1, 0.15) is 44.3 Å². The maximum Gasteiger partial charge on any atom is 0.226 e. The first-order valence-electron chi connectivity index (χ1n) is 6.46. The molecular weight excluding hydrogens is 218 g/mol. The molecule has 0 saturated carbocycles. The lowest BCUT2D eigenvalue weighted by Gasteiger charge is -2.05. The average Bonchev–Trinajstić information content (AvgIpc) is 2.97. The number of aryl methyl sites for hydroxylation is 1. The molecule has 2 rings (SSSR count). The summed E-state index contributed by atoms with van der Waals surface area (Å²) in [6.07, 6.45) is 6.11. The predicted molar refractivity (Wildman–Crippen MR) is 63.6 cm³/mol. The molecule has 1 aliphatic rings. The third-order valence-corrected chi connectivity index (χ3v) is 3.18. The zero-order valence-electron chi connectivity index (χ0n) is 10.4. The number of nitrogens with zero attached hydrogens (tertiary/aromatic N) is 2. The van der Waals surface area contributed by atoms with Gasteiger partial charge in [-0.3, -0.25) is 0 Å². The van der Waals surface area contributed by atoms with Crippen molar-refractivity contribution in [2.75, 3.05) is 6.61 Å². The van der Waals surface area contributed by atoms with E-state index >= 15 is 0 Å². The zero-order valence-corrected chi connectivity index (χ0v) is 10.4. The largest absolute Gasteiger partial charge is 0.378 e. The minimum absolute atomic E-state index is 0.124. The van der Waals surface area contributed by atoms with E-state index in [4.69, 9.17) is 15.0 Å². The quantitative estimate of drug-likeness (QED) is 0.813. The van der Waals surface area contributed by atoms with Gasteiger partial charge in [-0.2, -0.15) is 4.98 Å². The number of nitrogens with two attached hydrogens (primary N) is 1. The van der Waals surface area contributed by atoms with E-state index in [0.717, 1.165) is 38.1 Å². The standard InChI is InChI=1S/C12H21N3O2/c1-2-9(13)8-11-14-12(17-15-11)6-5-10-4-3-7-16-10/h9-10H,2-8,13H2,1H3. The monoisotopic (exact) mass is 239 g/mol. The molecule has 2 heterocycles. The lowest BCUT2D eigenvalue weighted by Crippen LogP contribution is -2.22. The molecule has 2 N–H and O–H groups in total. The Morgan fingerprint density at radius 3 is 3.12 bits per heavy atom. The van der Waals surface area contributed by atoms with Crippen molar-refractivity contribution in [2.45, 2.75) is 57.6 Å². The summed E-state index contributed by atoms with van der Waals surface area (Å²) in [6, 6.07) is 0.124. The fourth-order valence-electron chi connectivity index (χ4n) is 2.01. The first-order chi connectivity index (χ1) is 8.28. The van der Waals surface area contributed by atoms with E-state index in [-0.39, 0.29) is 6.04 Å². The molecular formula is C12H21N3O2. The van der Waals surface area contributed by atoms with E-state index in [1.54, 1.807) is 0 Å². The van der Waals surface area contributed by atoms with Crippen molar-refractivity contribution in [2.24, 2.45) is 5.73 Å². The Hall–Kier alpha value is -0.940. The molecule has 0 amide bonds. The summed E-state index contributed by atoms with van der Waals surface area (Å²) in [7, 11) is 0. The second kappa shape index (κ2) is 6.12. The van der Waals surface area contributed by atoms with Gasteiger partial charge in [0, 0.05) is 25.5 Å². The van der Waals surface area contributed by atoms with E-state index < -0.39 is 0 Å². The van der Waals surface area contributed by atoms with Crippen molar-refractivity contribution < 1.29 is 9.26 Å². The Kier molecular flexibility index (Phi) is 4.50. The van der Waals surface area contributed by atoms with Crippen molar-refractivity contribution in [1.29, 1.82) is 0 Å². The van der Waals surface area contributed by atoms with E-state index in [2.05, 4.69) is 17.1 Å². The zero-order chi connectivity index (χ0) is 12.1. The van der Waals surface area contributed by atoms with Gasteiger partial charge in [0.2, 0.25) is 5.89 Å². The van der Waals surface area contributed by atoms with Crippen LogP contribution in [-0.2, 0) is 17.6 Å². The molecule has 96 valence electrons. The maximum absolute atomic E-state index is 5.85. The van der Waals surface area contributed by atoms with Crippen LogP contribution in [0.15, 0.2) is 4.52 Å². The maximum atomic E-state index is 5.85. The fourth-order valence-corrected chi connectivity index (χ4v) is 2.01. The van der Waals surface area contributed by atoms with Gasteiger partial charge in [0.05, 0.1) is 6.10 Å². The molecule has 1 fully saturated rings. The second-order valence-corrected chi connectivity index (χ2v) is 4.65. The molecule has 2 atom stereocenters. The Labute approximate surface area is 102 Å². The van der Waals surface area contributed by atoms with Crippen LogP contribution in [0, 0.1) is 0 Å². The van der Waals surface area contributed by atoms with Crippen LogP contribution >= 0.6 is 0 Å². The van der Waals surface area contributed by atoms with Crippen LogP contribution in [0.2, 0.25) is 0 Å². The first-order valence-corrected chi connectivity index (χ1v) is 6.46. The van der Waals surface area contributed by atoms with E-state index in [1.165, 1.54) is 6.42 Å². The summed E-state index contributed by atoms with van der Waals surface area (Å²) in [6.45, 7) is 2.95. The lowest BCUT2D eigenvalue weighted by molar-refractivity contribution is 0.102. The van der Waals surface area contributed by atoms with Crippen LogP contribution in [0.4, 0.5) is 0 Å². The van der Waals surface area contributed by atoms with Gasteiger partial charge in [0.25, 0.3) is 0 Å². The van der Waals surface area contributed by atoms with Gasteiger partial charge in [-0.05, 0) is 25.7 Å². The van der Waals surface area contributed by atoms with Gasteiger partial charge in [-0.25, -0.2) is 0 Å². The van der Waals surface area contributed by atoms with E-state index in [9.17, 15) is 0 Å². The van der Waals surface area contributed by atoms with Crippen LogP contribution in [0.3, 0.4) is 0 Å². The lowest BCUT2D eigenvalue weighted by atomic mass is 10.1.